The number of carbonyl (C=O) groups excluding carboxylic acids is 1. The van der Waals surface area contributed by atoms with Crippen LogP contribution in [0.3, 0.4) is 0 Å². The molecule has 1 saturated heterocycles. The molecule has 1 aliphatic heterocycles. The highest BCUT2D eigenvalue weighted by Gasteiger charge is 2.28. The van der Waals surface area contributed by atoms with E-state index in [9.17, 15) is 4.79 Å². The lowest BCUT2D eigenvalue weighted by Crippen LogP contribution is -2.49. The van der Waals surface area contributed by atoms with Gasteiger partial charge in [0, 0.05) is 44.1 Å². The average molecular weight is 343 g/mol. The first kappa shape index (κ1) is 17.4. The van der Waals surface area contributed by atoms with Gasteiger partial charge in [0.1, 0.15) is 6.10 Å². The Bertz CT molecular complexity index is 713. The van der Waals surface area contributed by atoms with Crippen LogP contribution < -0.4 is 5.32 Å². The third kappa shape index (κ3) is 3.99. The summed E-state index contributed by atoms with van der Waals surface area (Å²) in [5, 5.41) is 7.23. The van der Waals surface area contributed by atoms with Crippen molar-refractivity contribution in [2.75, 3.05) is 26.2 Å². The Morgan fingerprint density at radius 2 is 2.24 bits per heavy atom. The number of rotatable bonds is 4. The summed E-state index contributed by atoms with van der Waals surface area (Å²) in [6, 6.07) is 5.82. The van der Waals surface area contributed by atoms with E-state index in [0.717, 1.165) is 11.3 Å². The number of hydrogen-bond acceptors (Lipinski definition) is 4. The van der Waals surface area contributed by atoms with Gasteiger partial charge in [-0.25, -0.2) is 4.79 Å². The molecular formula is C18H25N5O2. The number of amides is 2. The maximum atomic E-state index is 12.6. The zero-order valence-electron chi connectivity index (χ0n) is 15.0. The predicted octanol–water partition coefficient (Wildman–Crippen LogP) is 1.88. The fourth-order valence-corrected chi connectivity index (χ4v) is 2.99. The van der Waals surface area contributed by atoms with Gasteiger partial charge < -0.3 is 15.0 Å². The largest absolute Gasteiger partial charge is 0.368 e. The van der Waals surface area contributed by atoms with Crippen LogP contribution in [0.2, 0.25) is 0 Å². The summed E-state index contributed by atoms with van der Waals surface area (Å²) in [6.07, 6.45) is 5.20. The van der Waals surface area contributed by atoms with Crippen LogP contribution in [0.15, 0.2) is 36.8 Å². The second-order valence-electron chi connectivity index (χ2n) is 6.97. The van der Waals surface area contributed by atoms with Gasteiger partial charge in [-0.05, 0) is 17.7 Å². The molecule has 0 aromatic carbocycles. The number of nitrogens with zero attached hydrogens (tertiary/aromatic N) is 4. The minimum Gasteiger partial charge on any atom is -0.368 e. The van der Waals surface area contributed by atoms with Crippen LogP contribution >= 0.6 is 0 Å². The van der Waals surface area contributed by atoms with Gasteiger partial charge in [0.2, 0.25) is 0 Å². The molecular weight excluding hydrogens is 318 g/mol. The lowest BCUT2D eigenvalue weighted by Gasteiger charge is -2.34. The Kier molecular flexibility index (Phi) is 5.03. The van der Waals surface area contributed by atoms with Crippen molar-refractivity contribution in [1.82, 2.24) is 25.0 Å². The molecule has 0 bridgehead atoms. The molecule has 2 aromatic rings. The summed E-state index contributed by atoms with van der Waals surface area (Å²) in [4.78, 5) is 18.6. The van der Waals surface area contributed by atoms with E-state index in [2.05, 4.69) is 29.2 Å². The summed E-state index contributed by atoms with van der Waals surface area (Å²) in [6.45, 7) is 6.39. The number of carbonyl (C=O) groups is 1. The normalized spacial score (nSPS) is 18.2. The molecule has 2 aromatic heterocycles. The Morgan fingerprint density at radius 1 is 1.40 bits per heavy atom. The maximum absolute atomic E-state index is 12.6. The van der Waals surface area contributed by atoms with Crippen molar-refractivity contribution in [2.24, 2.45) is 7.05 Å². The van der Waals surface area contributed by atoms with E-state index in [1.165, 1.54) is 0 Å². The number of morpholine rings is 1. The average Bonchev–Trinajstić information content (AvgIpc) is 3.06. The summed E-state index contributed by atoms with van der Waals surface area (Å²) in [7, 11) is 1.88. The first-order valence-electron chi connectivity index (χ1n) is 8.50. The van der Waals surface area contributed by atoms with Gasteiger partial charge in [-0.2, -0.15) is 5.10 Å². The monoisotopic (exact) mass is 343 g/mol. The van der Waals surface area contributed by atoms with Crippen molar-refractivity contribution >= 4 is 6.03 Å². The first-order valence-corrected chi connectivity index (χ1v) is 8.50. The Hall–Kier alpha value is -2.41. The Balaban J connectivity index is 1.59. The van der Waals surface area contributed by atoms with Crippen molar-refractivity contribution in [3.8, 4) is 0 Å². The van der Waals surface area contributed by atoms with Gasteiger partial charge in [-0.3, -0.25) is 9.67 Å². The first-order chi connectivity index (χ1) is 12.0. The molecule has 0 spiro atoms. The summed E-state index contributed by atoms with van der Waals surface area (Å²) in [5.41, 5.74) is 1.90. The van der Waals surface area contributed by atoms with Gasteiger partial charge in [0.05, 0.1) is 18.8 Å². The van der Waals surface area contributed by atoms with E-state index < -0.39 is 0 Å². The topological polar surface area (TPSA) is 72.3 Å². The lowest BCUT2D eigenvalue weighted by atomic mass is 9.86. The molecule has 25 heavy (non-hydrogen) atoms. The number of aromatic nitrogens is 3. The van der Waals surface area contributed by atoms with Crippen molar-refractivity contribution in [3.63, 3.8) is 0 Å². The molecule has 0 saturated carbocycles. The van der Waals surface area contributed by atoms with E-state index in [1.54, 1.807) is 22.0 Å². The quantitative estimate of drug-likeness (QED) is 0.920. The number of hydrogen-bond donors (Lipinski definition) is 1. The van der Waals surface area contributed by atoms with E-state index >= 15 is 0 Å². The van der Waals surface area contributed by atoms with E-state index in [1.807, 2.05) is 31.4 Å². The van der Waals surface area contributed by atoms with Crippen LogP contribution in [-0.2, 0) is 17.2 Å². The van der Waals surface area contributed by atoms with Crippen LogP contribution in [0, 0.1) is 0 Å². The van der Waals surface area contributed by atoms with E-state index in [4.69, 9.17) is 4.74 Å². The lowest BCUT2D eigenvalue weighted by molar-refractivity contribution is -0.0195. The number of pyridine rings is 1. The standard InChI is InChI=1S/C18H25N5O2/c1-18(2,14-5-4-7-19-11-14)13-20-17(24)23-9-10-25-16(12-23)15-6-8-21-22(15)3/h4-8,11,16H,9-10,12-13H2,1-3H3,(H,20,24)/t16-/m0/s1. The number of ether oxygens (including phenoxy) is 1. The highest BCUT2D eigenvalue weighted by Crippen LogP contribution is 2.23. The summed E-state index contributed by atoms with van der Waals surface area (Å²) < 4.78 is 7.60. The van der Waals surface area contributed by atoms with Crippen LogP contribution in [0.1, 0.15) is 31.2 Å². The van der Waals surface area contributed by atoms with Crippen LogP contribution in [-0.4, -0.2) is 51.9 Å². The van der Waals surface area contributed by atoms with Crippen molar-refractivity contribution in [1.29, 1.82) is 0 Å². The van der Waals surface area contributed by atoms with Gasteiger partial charge in [-0.15, -0.1) is 0 Å². The van der Waals surface area contributed by atoms with Gasteiger partial charge >= 0.3 is 6.03 Å². The van der Waals surface area contributed by atoms with Gasteiger partial charge in [-0.1, -0.05) is 19.9 Å². The third-order valence-electron chi connectivity index (χ3n) is 4.67. The molecule has 2 amide bonds. The molecule has 0 aliphatic carbocycles. The molecule has 1 fully saturated rings. The minimum atomic E-state index is -0.183. The minimum absolute atomic E-state index is 0.0626. The Labute approximate surface area is 148 Å². The zero-order valence-corrected chi connectivity index (χ0v) is 15.0. The third-order valence-corrected chi connectivity index (χ3v) is 4.67. The molecule has 7 nitrogen and oxygen atoms in total. The molecule has 134 valence electrons. The summed E-state index contributed by atoms with van der Waals surface area (Å²) in [5.74, 6) is 0. The van der Waals surface area contributed by atoms with Crippen molar-refractivity contribution in [3.05, 3.63) is 48.0 Å². The highest BCUT2D eigenvalue weighted by molar-refractivity contribution is 5.74. The van der Waals surface area contributed by atoms with E-state index in [0.29, 0.717) is 26.2 Å². The number of nitrogens with one attached hydrogen (secondary N) is 1. The number of urea groups is 1. The molecule has 0 radical (unpaired) electrons. The maximum Gasteiger partial charge on any atom is 0.317 e. The number of aryl methyl sites for hydroxylation is 1. The molecule has 1 atom stereocenters. The molecule has 7 heteroatoms. The van der Waals surface area contributed by atoms with E-state index in [-0.39, 0.29) is 17.6 Å². The Morgan fingerprint density at radius 3 is 2.92 bits per heavy atom. The second-order valence-corrected chi connectivity index (χ2v) is 6.97. The second kappa shape index (κ2) is 7.23. The smallest absolute Gasteiger partial charge is 0.317 e. The van der Waals surface area contributed by atoms with Crippen molar-refractivity contribution < 1.29 is 9.53 Å². The van der Waals surface area contributed by atoms with Crippen LogP contribution in [0.5, 0.6) is 0 Å². The fraction of sp³-hybridized carbons (Fsp3) is 0.500. The molecule has 3 rings (SSSR count). The zero-order chi connectivity index (χ0) is 17.9. The van der Waals surface area contributed by atoms with Crippen LogP contribution in [0.4, 0.5) is 4.79 Å². The fourth-order valence-electron chi connectivity index (χ4n) is 2.99. The summed E-state index contributed by atoms with van der Waals surface area (Å²) >= 11 is 0. The molecule has 0 unspecified atom stereocenters. The van der Waals surface area contributed by atoms with Gasteiger partial charge in [0.25, 0.3) is 0 Å². The van der Waals surface area contributed by atoms with Gasteiger partial charge in [0.15, 0.2) is 0 Å². The molecule has 3 heterocycles. The predicted molar refractivity (Wildman–Crippen MR) is 94.1 cm³/mol. The molecule has 1 N–H and O–H groups in total. The highest BCUT2D eigenvalue weighted by atomic mass is 16.5. The SMILES string of the molecule is Cn1nccc1[C@@H]1CN(C(=O)NCC(C)(C)c2cccnc2)CCO1. The van der Waals surface area contributed by atoms with Crippen LogP contribution in [0.25, 0.3) is 0 Å². The molecule has 1 aliphatic rings. The van der Waals surface area contributed by atoms with Crippen molar-refractivity contribution in [2.45, 2.75) is 25.4 Å².